The fourth-order valence-electron chi connectivity index (χ4n) is 0.655. The fourth-order valence-corrected chi connectivity index (χ4v) is 1.22. The maximum Gasteiger partial charge on any atom is 0.295 e. The zero-order valence-corrected chi connectivity index (χ0v) is 8.31. The van der Waals surface area contributed by atoms with E-state index in [-0.39, 0.29) is 0 Å². The van der Waals surface area contributed by atoms with Gasteiger partial charge >= 0.3 is 0 Å². The molecule has 68 valence electrons. The van der Waals surface area contributed by atoms with E-state index in [1.54, 1.807) is 7.11 Å². The van der Waals surface area contributed by atoms with Crippen molar-refractivity contribution in [2.75, 3.05) is 19.0 Å². The quantitative estimate of drug-likeness (QED) is 0.778. The first-order valence-electron chi connectivity index (χ1n) is 3.83. The van der Waals surface area contributed by atoms with Crippen LogP contribution < -0.4 is 10.1 Å². The van der Waals surface area contributed by atoms with Gasteiger partial charge in [0.15, 0.2) is 0 Å². The van der Waals surface area contributed by atoms with E-state index in [1.807, 2.05) is 0 Å². The van der Waals surface area contributed by atoms with Gasteiger partial charge < -0.3 is 10.1 Å². The molecule has 5 heteroatoms. The second-order valence-corrected chi connectivity index (χ2v) is 3.79. The van der Waals surface area contributed by atoms with E-state index in [4.69, 9.17) is 4.74 Å². The molecule has 0 aliphatic heterocycles. The van der Waals surface area contributed by atoms with E-state index in [0.29, 0.717) is 11.1 Å². The van der Waals surface area contributed by atoms with Crippen molar-refractivity contribution in [1.82, 2.24) is 10.2 Å². The third-order valence-corrected chi connectivity index (χ3v) is 2.08. The van der Waals surface area contributed by atoms with Gasteiger partial charge in [0.2, 0.25) is 5.13 Å². The summed E-state index contributed by atoms with van der Waals surface area (Å²) in [5, 5.41) is 12.3. The van der Waals surface area contributed by atoms with E-state index < -0.39 is 0 Å². The standard InChI is InChI=1S/C7H13N3OS/c1-5(2)4-8-6-9-10-7(11-3)12-6/h5H,4H2,1-3H3,(H,8,9). The first kappa shape index (κ1) is 9.25. The van der Waals surface area contributed by atoms with Crippen LogP contribution in [0.1, 0.15) is 13.8 Å². The zero-order valence-electron chi connectivity index (χ0n) is 7.50. The van der Waals surface area contributed by atoms with E-state index in [1.165, 1.54) is 11.3 Å². The molecule has 0 aromatic carbocycles. The van der Waals surface area contributed by atoms with Gasteiger partial charge in [-0.2, -0.15) is 0 Å². The van der Waals surface area contributed by atoms with Crippen LogP contribution >= 0.6 is 11.3 Å². The number of nitrogens with one attached hydrogen (secondary N) is 1. The molecule has 12 heavy (non-hydrogen) atoms. The molecule has 0 saturated heterocycles. The van der Waals surface area contributed by atoms with Crippen molar-refractivity contribution >= 4 is 16.5 Å². The van der Waals surface area contributed by atoms with Crippen LogP contribution in [0.25, 0.3) is 0 Å². The highest BCUT2D eigenvalue weighted by molar-refractivity contribution is 7.16. The molecule has 0 atom stereocenters. The van der Waals surface area contributed by atoms with E-state index >= 15 is 0 Å². The number of aromatic nitrogens is 2. The Bertz CT molecular complexity index is 236. The Hall–Kier alpha value is -0.840. The van der Waals surface area contributed by atoms with Crippen molar-refractivity contribution < 1.29 is 4.74 Å². The summed E-state index contributed by atoms with van der Waals surface area (Å²) in [6, 6.07) is 0. The minimum absolute atomic E-state index is 0.598. The number of rotatable bonds is 4. The van der Waals surface area contributed by atoms with Crippen LogP contribution in [-0.4, -0.2) is 23.9 Å². The minimum Gasteiger partial charge on any atom is -0.472 e. The van der Waals surface area contributed by atoms with Gasteiger partial charge in [-0.25, -0.2) is 0 Å². The van der Waals surface area contributed by atoms with E-state index in [2.05, 4.69) is 29.4 Å². The molecule has 0 aliphatic rings. The lowest BCUT2D eigenvalue weighted by molar-refractivity contribution is 0.407. The fraction of sp³-hybridized carbons (Fsp3) is 0.714. The molecule has 0 spiro atoms. The Morgan fingerprint density at radius 3 is 2.75 bits per heavy atom. The predicted octanol–water partition coefficient (Wildman–Crippen LogP) is 1.61. The monoisotopic (exact) mass is 187 g/mol. The number of ether oxygens (including phenoxy) is 1. The summed E-state index contributed by atoms with van der Waals surface area (Å²) < 4.78 is 4.91. The molecule has 0 saturated carbocycles. The van der Waals surface area contributed by atoms with Crippen molar-refractivity contribution in [2.45, 2.75) is 13.8 Å². The summed E-state index contributed by atoms with van der Waals surface area (Å²) in [6.45, 7) is 5.20. The van der Waals surface area contributed by atoms with Gasteiger partial charge in [-0.05, 0) is 17.3 Å². The van der Waals surface area contributed by atoms with Crippen LogP contribution in [0.4, 0.5) is 5.13 Å². The van der Waals surface area contributed by atoms with E-state index in [0.717, 1.165) is 11.7 Å². The summed E-state index contributed by atoms with van der Waals surface area (Å²) in [7, 11) is 1.59. The Kier molecular flexibility index (Phi) is 3.28. The SMILES string of the molecule is COc1nnc(NCC(C)C)s1. The van der Waals surface area contributed by atoms with Crippen LogP contribution in [0.2, 0.25) is 0 Å². The average molecular weight is 187 g/mol. The maximum atomic E-state index is 4.91. The smallest absolute Gasteiger partial charge is 0.295 e. The van der Waals surface area contributed by atoms with Gasteiger partial charge in [0, 0.05) is 6.54 Å². The number of nitrogens with zero attached hydrogens (tertiary/aromatic N) is 2. The molecule has 0 amide bonds. The summed E-state index contributed by atoms with van der Waals surface area (Å²) >= 11 is 1.42. The van der Waals surface area contributed by atoms with Crippen LogP contribution in [0, 0.1) is 5.92 Å². The van der Waals surface area contributed by atoms with Crippen molar-refractivity contribution in [3.8, 4) is 5.19 Å². The van der Waals surface area contributed by atoms with Crippen LogP contribution in [0.3, 0.4) is 0 Å². The Balaban J connectivity index is 2.41. The van der Waals surface area contributed by atoms with Crippen LogP contribution in [-0.2, 0) is 0 Å². The van der Waals surface area contributed by atoms with Crippen molar-refractivity contribution in [3.05, 3.63) is 0 Å². The number of methoxy groups -OCH3 is 1. The third kappa shape index (κ3) is 2.65. The first-order chi connectivity index (χ1) is 5.72. The molecule has 1 N–H and O–H groups in total. The Labute approximate surface area is 76.0 Å². The van der Waals surface area contributed by atoms with Gasteiger partial charge in [-0.15, -0.1) is 5.10 Å². The highest BCUT2D eigenvalue weighted by Gasteiger charge is 2.02. The highest BCUT2D eigenvalue weighted by Crippen LogP contribution is 2.21. The first-order valence-corrected chi connectivity index (χ1v) is 4.65. The lowest BCUT2D eigenvalue weighted by Gasteiger charge is -2.03. The van der Waals surface area contributed by atoms with Gasteiger partial charge in [-0.1, -0.05) is 18.9 Å². The Morgan fingerprint density at radius 1 is 1.50 bits per heavy atom. The molecular weight excluding hydrogens is 174 g/mol. The molecule has 1 rings (SSSR count). The predicted molar refractivity (Wildman–Crippen MR) is 49.8 cm³/mol. The molecule has 0 radical (unpaired) electrons. The maximum absolute atomic E-state index is 4.91. The van der Waals surface area contributed by atoms with Gasteiger partial charge in [-0.3, -0.25) is 0 Å². The minimum atomic E-state index is 0.598. The van der Waals surface area contributed by atoms with E-state index in [9.17, 15) is 0 Å². The largest absolute Gasteiger partial charge is 0.472 e. The molecule has 0 bridgehead atoms. The van der Waals surface area contributed by atoms with Crippen molar-refractivity contribution in [3.63, 3.8) is 0 Å². The number of hydrogen-bond acceptors (Lipinski definition) is 5. The normalized spacial score (nSPS) is 10.3. The van der Waals surface area contributed by atoms with Gasteiger partial charge in [0.25, 0.3) is 5.19 Å². The summed E-state index contributed by atoms with van der Waals surface area (Å²) in [4.78, 5) is 0. The molecule has 0 unspecified atom stereocenters. The lowest BCUT2D eigenvalue weighted by atomic mass is 10.2. The highest BCUT2D eigenvalue weighted by atomic mass is 32.1. The molecule has 4 nitrogen and oxygen atoms in total. The summed E-state index contributed by atoms with van der Waals surface area (Å²) in [5.41, 5.74) is 0. The lowest BCUT2D eigenvalue weighted by Crippen LogP contribution is -2.07. The molecule has 0 aliphatic carbocycles. The molecule has 0 fully saturated rings. The topological polar surface area (TPSA) is 47.0 Å². The van der Waals surface area contributed by atoms with Gasteiger partial charge in [0.1, 0.15) is 0 Å². The molecular formula is C7H13N3OS. The zero-order chi connectivity index (χ0) is 8.97. The Morgan fingerprint density at radius 2 is 2.25 bits per heavy atom. The number of hydrogen-bond donors (Lipinski definition) is 1. The molecule has 1 heterocycles. The van der Waals surface area contributed by atoms with Crippen molar-refractivity contribution in [2.24, 2.45) is 5.92 Å². The summed E-state index contributed by atoms with van der Waals surface area (Å²) in [6.07, 6.45) is 0. The van der Waals surface area contributed by atoms with Crippen molar-refractivity contribution in [1.29, 1.82) is 0 Å². The summed E-state index contributed by atoms with van der Waals surface area (Å²) in [5.74, 6) is 0.611. The number of anilines is 1. The average Bonchev–Trinajstić information content (AvgIpc) is 2.48. The second-order valence-electron chi connectivity index (χ2n) is 2.85. The third-order valence-electron chi connectivity index (χ3n) is 1.24. The van der Waals surface area contributed by atoms with Crippen LogP contribution in [0.15, 0.2) is 0 Å². The van der Waals surface area contributed by atoms with Gasteiger partial charge in [0.05, 0.1) is 7.11 Å². The van der Waals surface area contributed by atoms with Crippen LogP contribution in [0.5, 0.6) is 5.19 Å². The second kappa shape index (κ2) is 4.25. The molecule has 1 aromatic rings. The molecule has 1 aromatic heterocycles.